The molecule has 7 unspecified atom stereocenters. The Bertz CT molecular complexity index is 680. The van der Waals surface area contributed by atoms with Gasteiger partial charge in [-0.05, 0) is 101 Å². The molecule has 0 radical (unpaired) electrons. The van der Waals surface area contributed by atoms with Crippen LogP contribution in [-0.2, 0) is 9.53 Å². The lowest BCUT2D eigenvalue weighted by Gasteiger charge is -2.37. The number of ether oxygens (including phenoxy) is 1. The molecule has 5 nitrogen and oxygen atoms in total. The summed E-state index contributed by atoms with van der Waals surface area (Å²) in [6, 6.07) is 0. The van der Waals surface area contributed by atoms with Crippen molar-refractivity contribution in [1.29, 1.82) is 0 Å². The number of aliphatic carboxylic acids is 1. The van der Waals surface area contributed by atoms with E-state index in [0.717, 1.165) is 57.8 Å². The van der Waals surface area contributed by atoms with Gasteiger partial charge in [0.05, 0.1) is 17.8 Å². The van der Waals surface area contributed by atoms with Gasteiger partial charge in [-0.1, -0.05) is 58.3 Å². The van der Waals surface area contributed by atoms with E-state index in [-0.39, 0.29) is 18.1 Å². The Morgan fingerprint density at radius 2 is 1.83 bits per heavy atom. The number of carboxylic acids is 1. The highest BCUT2D eigenvalue weighted by molar-refractivity contribution is 5.66. The van der Waals surface area contributed by atoms with Gasteiger partial charge >= 0.3 is 0 Å². The van der Waals surface area contributed by atoms with Gasteiger partial charge in [0.2, 0.25) is 0 Å². The minimum absolute atomic E-state index is 0.112. The summed E-state index contributed by atoms with van der Waals surface area (Å²) in [5.41, 5.74) is 1.86. The molecule has 0 aliphatic heterocycles. The zero-order valence-corrected chi connectivity index (χ0v) is 23.5. The standard InChI is InChI=1S/C30H54O5/c1-8-35-28-25(6)24(5)27(31)20-26(28)17-16-22(3)14-11-19-30(7,34)18-10-13-21(2)12-9-15-23(4)29(32)33/h12,20,22-25,27-28,31,34H,8-11,13-19H2,1-7H3,(H,32,33)/p-1/b21-12+. The van der Waals surface area contributed by atoms with Gasteiger partial charge < -0.3 is 24.9 Å². The van der Waals surface area contributed by atoms with E-state index in [1.165, 1.54) is 11.1 Å². The van der Waals surface area contributed by atoms with Gasteiger partial charge in [0.1, 0.15) is 0 Å². The topological polar surface area (TPSA) is 89.8 Å². The van der Waals surface area contributed by atoms with E-state index >= 15 is 0 Å². The van der Waals surface area contributed by atoms with Crippen LogP contribution in [0.3, 0.4) is 0 Å². The number of carboxylic acid groups (broad SMARTS) is 1. The van der Waals surface area contributed by atoms with E-state index in [4.69, 9.17) is 4.74 Å². The van der Waals surface area contributed by atoms with Crippen molar-refractivity contribution < 1.29 is 24.9 Å². The van der Waals surface area contributed by atoms with Gasteiger partial charge in [0.25, 0.3) is 0 Å². The summed E-state index contributed by atoms with van der Waals surface area (Å²) < 4.78 is 6.04. The smallest absolute Gasteiger partial charge is 0.0814 e. The summed E-state index contributed by atoms with van der Waals surface area (Å²) >= 11 is 0. The molecule has 0 saturated heterocycles. The molecule has 0 aromatic rings. The molecule has 0 heterocycles. The third kappa shape index (κ3) is 12.1. The summed E-state index contributed by atoms with van der Waals surface area (Å²) in [7, 11) is 0. The van der Waals surface area contributed by atoms with Gasteiger partial charge in [0.15, 0.2) is 0 Å². The molecule has 1 aliphatic carbocycles. The van der Waals surface area contributed by atoms with Gasteiger partial charge in [-0.2, -0.15) is 0 Å². The first-order valence-corrected chi connectivity index (χ1v) is 14.0. The van der Waals surface area contributed by atoms with Crippen LogP contribution in [0.1, 0.15) is 113 Å². The first kappa shape index (κ1) is 31.9. The van der Waals surface area contributed by atoms with Crippen LogP contribution in [-0.4, -0.2) is 40.6 Å². The van der Waals surface area contributed by atoms with Crippen LogP contribution in [0, 0.1) is 23.7 Å². The number of hydrogen-bond donors (Lipinski definition) is 2. The molecule has 0 aromatic carbocycles. The van der Waals surface area contributed by atoms with Crippen LogP contribution in [0.4, 0.5) is 0 Å². The Hall–Kier alpha value is -1.17. The van der Waals surface area contributed by atoms with E-state index in [1.807, 2.05) is 19.9 Å². The second-order valence-corrected chi connectivity index (χ2v) is 11.6. The third-order valence-electron chi connectivity index (χ3n) is 8.06. The van der Waals surface area contributed by atoms with Crippen molar-refractivity contribution in [1.82, 2.24) is 0 Å². The van der Waals surface area contributed by atoms with Crippen molar-refractivity contribution in [2.45, 2.75) is 130 Å². The largest absolute Gasteiger partial charge is 0.550 e. The van der Waals surface area contributed by atoms with Gasteiger partial charge in [0, 0.05) is 12.6 Å². The van der Waals surface area contributed by atoms with Crippen molar-refractivity contribution >= 4 is 5.97 Å². The number of carbonyl (C=O) groups is 1. The second kappa shape index (κ2) is 15.8. The van der Waals surface area contributed by atoms with Crippen molar-refractivity contribution in [3.05, 3.63) is 23.3 Å². The maximum absolute atomic E-state index is 10.8. The molecule has 0 saturated carbocycles. The molecule has 0 spiro atoms. The summed E-state index contributed by atoms with van der Waals surface area (Å²) in [6.45, 7) is 15.0. The Labute approximate surface area is 215 Å². The molecule has 2 N–H and O–H groups in total. The normalized spacial score (nSPS) is 26.7. The average molecular weight is 494 g/mol. The number of rotatable bonds is 17. The summed E-state index contributed by atoms with van der Waals surface area (Å²) in [6.07, 6.45) is 12.8. The molecular formula is C30H53O5-. The SMILES string of the molecule is CCOC1C(CCC(C)CCCC(C)(O)CCC/C(C)=C/CCC(C)C(=O)[O-])=CC(O)C(C)C1C. The van der Waals surface area contributed by atoms with E-state index in [2.05, 4.69) is 33.8 Å². The molecule has 35 heavy (non-hydrogen) atoms. The lowest BCUT2D eigenvalue weighted by Crippen LogP contribution is -2.39. The quantitative estimate of drug-likeness (QED) is 0.258. The Morgan fingerprint density at radius 1 is 1.17 bits per heavy atom. The van der Waals surface area contributed by atoms with E-state index < -0.39 is 17.5 Å². The number of aliphatic hydroxyl groups is 2. The average Bonchev–Trinajstić information content (AvgIpc) is 2.77. The van der Waals surface area contributed by atoms with Crippen molar-refractivity contribution in [2.75, 3.05) is 6.61 Å². The van der Waals surface area contributed by atoms with Crippen LogP contribution < -0.4 is 5.11 Å². The second-order valence-electron chi connectivity index (χ2n) is 11.6. The lowest BCUT2D eigenvalue weighted by atomic mass is 9.76. The van der Waals surface area contributed by atoms with Crippen LogP contribution in [0.5, 0.6) is 0 Å². The van der Waals surface area contributed by atoms with Crippen LogP contribution in [0.25, 0.3) is 0 Å². The van der Waals surface area contributed by atoms with Gasteiger partial charge in [-0.25, -0.2) is 0 Å². The van der Waals surface area contributed by atoms with E-state index in [9.17, 15) is 20.1 Å². The van der Waals surface area contributed by atoms with E-state index in [1.54, 1.807) is 6.92 Å². The highest BCUT2D eigenvalue weighted by atomic mass is 16.5. The van der Waals surface area contributed by atoms with Crippen LogP contribution >= 0.6 is 0 Å². The number of carbonyl (C=O) groups excluding carboxylic acids is 1. The first-order valence-electron chi connectivity index (χ1n) is 14.0. The number of allylic oxidation sites excluding steroid dienone is 2. The van der Waals surface area contributed by atoms with E-state index in [0.29, 0.717) is 24.9 Å². The highest BCUT2D eigenvalue weighted by Crippen LogP contribution is 2.35. The highest BCUT2D eigenvalue weighted by Gasteiger charge is 2.34. The fourth-order valence-corrected chi connectivity index (χ4v) is 5.12. The van der Waals surface area contributed by atoms with Crippen molar-refractivity contribution in [2.24, 2.45) is 23.7 Å². The Morgan fingerprint density at radius 3 is 2.46 bits per heavy atom. The molecule has 7 atom stereocenters. The molecule has 0 fully saturated rings. The Balaban J connectivity index is 2.34. The van der Waals surface area contributed by atoms with Crippen molar-refractivity contribution in [3.63, 3.8) is 0 Å². The fourth-order valence-electron chi connectivity index (χ4n) is 5.12. The lowest BCUT2D eigenvalue weighted by molar-refractivity contribution is -0.311. The molecule has 0 bridgehead atoms. The summed E-state index contributed by atoms with van der Waals surface area (Å²) in [4.78, 5) is 10.8. The zero-order valence-electron chi connectivity index (χ0n) is 23.5. The predicted molar refractivity (Wildman–Crippen MR) is 142 cm³/mol. The fraction of sp³-hybridized carbons (Fsp3) is 0.833. The maximum Gasteiger partial charge on any atom is 0.0814 e. The third-order valence-corrected chi connectivity index (χ3v) is 8.06. The summed E-state index contributed by atoms with van der Waals surface area (Å²) in [5, 5.41) is 32.0. The van der Waals surface area contributed by atoms with Crippen LogP contribution in [0.2, 0.25) is 0 Å². The molecule has 204 valence electrons. The first-order chi connectivity index (χ1) is 16.4. The monoisotopic (exact) mass is 493 g/mol. The van der Waals surface area contributed by atoms with Crippen molar-refractivity contribution in [3.8, 4) is 0 Å². The maximum atomic E-state index is 10.8. The number of hydrogen-bond acceptors (Lipinski definition) is 5. The minimum atomic E-state index is -0.981. The minimum Gasteiger partial charge on any atom is -0.550 e. The summed E-state index contributed by atoms with van der Waals surface area (Å²) in [5.74, 6) is -0.294. The molecule has 1 aliphatic rings. The van der Waals surface area contributed by atoms with Gasteiger partial charge in [-0.3, -0.25) is 0 Å². The van der Waals surface area contributed by atoms with Crippen LogP contribution in [0.15, 0.2) is 23.3 Å². The number of aliphatic hydroxyl groups excluding tert-OH is 1. The Kier molecular flexibility index (Phi) is 14.4. The predicted octanol–water partition coefficient (Wildman–Crippen LogP) is 5.59. The zero-order chi connectivity index (χ0) is 26.6. The molecule has 5 heteroatoms. The van der Waals surface area contributed by atoms with Gasteiger partial charge in [-0.15, -0.1) is 0 Å². The molecule has 0 aromatic heterocycles. The molecular weight excluding hydrogens is 440 g/mol. The molecule has 1 rings (SSSR count). The molecule has 0 amide bonds.